The van der Waals surface area contributed by atoms with Gasteiger partial charge in [0.05, 0.1) is 12.2 Å². The molecule has 3 aromatic rings. The summed E-state index contributed by atoms with van der Waals surface area (Å²) in [5, 5.41) is 6.38. The van der Waals surface area contributed by atoms with Crippen molar-refractivity contribution >= 4 is 34.0 Å². The van der Waals surface area contributed by atoms with Gasteiger partial charge in [-0.05, 0) is 49.2 Å². The van der Waals surface area contributed by atoms with E-state index in [-0.39, 0.29) is 11.8 Å². The van der Waals surface area contributed by atoms with Gasteiger partial charge in [-0.25, -0.2) is 4.98 Å². The maximum absolute atomic E-state index is 12.5. The average Bonchev–Trinajstić information content (AvgIpc) is 3.09. The van der Waals surface area contributed by atoms with E-state index in [4.69, 9.17) is 0 Å². The fourth-order valence-electron chi connectivity index (χ4n) is 3.55. The Balaban J connectivity index is 1.35. The standard InChI is InChI=1S/C22H23N5O2S/c1-14-9-15(2)11-16(10-14)24-20(28)13-27-8-6-17-19(12-27)30-22(25-17)26-21(29)18-5-3-4-7-23-18/h3-5,7,9-11H,6,8,12-13H2,1-2H3,(H,24,28)(H,25,26,29). The third kappa shape index (κ3) is 4.90. The van der Waals surface area contributed by atoms with Crippen LogP contribution in [0.2, 0.25) is 0 Å². The number of hydrogen-bond donors (Lipinski definition) is 2. The molecule has 1 aliphatic rings. The first kappa shape index (κ1) is 20.2. The van der Waals surface area contributed by atoms with Crippen LogP contribution in [-0.2, 0) is 17.8 Å². The van der Waals surface area contributed by atoms with Crippen molar-refractivity contribution in [1.82, 2.24) is 14.9 Å². The van der Waals surface area contributed by atoms with Gasteiger partial charge in [-0.3, -0.25) is 24.8 Å². The van der Waals surface area contributed by atoms with Gasteiger partial charge in [0, 0.05) is 36.3 Å². The maximum atomic E-state index is 12.5. The van der Waals surface area contributed by atoms with Crippen LogP contribution in [0.15, 0.2) is 42.6 Å². The third-order valence-electron chi connectivity index (χ3n) is 4.80. The van der Waals surface area contributed by atoms with Gasteiger partial charge in [0.25, 0.3) is 5.91 Å². The lowest BCUT2D eigenvalue weighted by Crippen LogP contribution is -2.36. The number of aryl methyl sites for hydroxylation is 2. The van der Waals surface area contributed by atoms with E-state index in [2.05, 4.69) is 31.6 Å². The van der Waals surface area contributed by atoms with Crippen LogP contribution in [-0.4, -0.2) is 39.8 Å². The summed E-state index contributed by atoms with van der Waals surface area (Å²) in [4.78, 5) is 36.6. The Morgan fingerprint density at radius 2 is 1.93 bits per heavy atom. The van der Waals surface area contributed by atoms with Gasteiger partial charge in [0.15, 0.2) is 5.13 Å². The molecular formula is C22H23N5O2S. The van der Waals surface area contributed by atoms with Crippen molar-refractivity contribution in [2.24, 2.45) is 0 Å². The van der Waals surface area contributed by atoms with E-state index in [1.807, 2.05) is 26.0 Å². The number of fused-ring (bicyclic) bond motifs is 1. The molecular weight excluding hydrogens is 398 g/mol. The molecule has 0 radical (unpaired) electrons. The second kappa shape index (κ2) is 8.73. The molecule has 1 aromatic carbocycles. The van der Waals surface area contributed by atoms with Crippen LogP contribution in [0.1, 0.15) is 32.2 Å². The summed E-state index contributed by atoms with van der Waals surface area (Å²) in [6, 6.07) is 11.2. The molecule has 0 saturated heterocycles. The van der Waals surface area contributed by atoms with E-state index in [0.717, 1.165) is 40.4 Å². The predicted octanol–water partition coefficient (Wildman–Crippen LogP) is 3.40. The lowest BCUT2D eigenvalue weighted by atomic mass is 10.1. The number of nitrogens with one attached hydrogen (secondary N) is 2. The highest BCUT2D eigenvalue weighted by molar-refractivity contribution is 7.15. The summed E-state index contributed by atoms with van der Waals surface area (Å²) in [5.41, 5.74) is 4.42. The van der Waals surface area contributed by atoms with Crippen LogP contribution in [0, 0.1) is 13.8 Å². The lowest BCUT2D eigenvalue weighted by molar-refractivity contribution is -0.117. The van der Waals surface area contributed by atoms with Crippen molar-refractivity contribution in [2.45, 2.75) is 26.8 Å². The molecule has 8 heteroatoms. The Bertz CT molecular complexity index is 1060. The number of thiazole rings is 1. The fraction of sp³-hybridized carbons (Fsp3) is 0.273. The number of hydrogen-bond acceptors (Lipinski definition) is 6. The van der Waals surface area contributed by atoms with Crippen LogP contribution in [0.4, 0.5) is 10.8 Å². The minimum atomic E-state index is -0.272. The van der Waals surface area contributed by atoms with E-state index in [9.17, 15) is 9.59 Å². The second-order valence-corrected chi connectivity index (χ2v) is 8.53. The largest absolute Gasteiger partial charge is 0.325 e. The first-order valence-corrected chi connectivity index (χ1v) is 10.6. The summed E-state index contributed by atoms with van der Waals surface area (Å²) in [5.74, 6) is -0.303. The molecule has 30 heavy (non-hydrogen) atoms. The van der Waals surface area contributed by atoms with E-state index in [1.54, 1.807) is 24.4 Å². The molecule has 4 rings (SSSR count). The van der Waals surface area contributed by atoms with Gasteiger partial charge in [-0.1, -0.05) is 12.1 Å². The zero-order valence-electron chi connectivity index (χ0n) is 16.9. The minimum absolute atomic E-state index is 0.0309. The molecule has 2 N–H and O–H groups in total. The summed E-state index contributed by atoms with van der Waals surface area (Å²) in [6.45, 7) is 5.75. The van der Waals surface area contributed by atoms with Crippen molar-refractivity contribution in [3.8, 4) is 0 Å². The number of pyridine rings is 1. The number of aromatic nitrogens is 2. The Labute approximate surface area is 179 Å². The lowest BCUT2D eigenvalue weighted by Gasteiger charge is -2.25. The monoisotopic (exact) mass is 421 g/mol. The third-order valence-corrected chi connectivity index (χ3v) is 5.80. The number of carbonyl (C=O) groups is 2. The van der Waals surface area contributed by atoms with Gasteiger partial charge in [0.1, 0.15) is 5.69 Å². The molecule has 0 fully saturated rings. The highest BCUT2D eigenvalue weighted by Gasteiger charge is 2.23. The Morgan fingerprint density at radius 3 is 2.67 bits per heavy atom. The normalized spacial score (nSPS) is 13.5. The molecule has 0 bridgehead atoms. The molecule has 0 spiro atoms. The first-order chi connectivity index (χ1) is 14.5. The van der Waals surface area contributed by atoms with Gasteiger partial charge < -0.3 is 5.32 Å². The molecule has 2 amide bonds. The second-order valence-electron chi connectivity index (χ2n) is 7.44. The Kier molecular flexibility index (Phi) is 5.87. The van der Waals surface area contributed by atoms with Crippen LogP contribution in [0.5, 0.6) is 0 Å². The van der Waals surface area contributed by atoms with Gasteiger partial charge in [-0.2, -0.15) is 0 Å². The van der Waals surface area contributed by atoms with Crippen molar-refractivity contribution in [3.05, 3.63) is 70.0 Å². The molecule has 1 aliphatic heterocycles. The molecule has 0 unspecified atom stereocenters. The summed E-state index contributed by atoms with van der Waals surface area (Å²) in [7, 11) is 0. The predicted molar refractivity (Wildman–Crippen MR) is 118 cm³/mol. The highest BCUT2D eigenvalue weighted by Crippen LogP contribution is 2.28. The van der Waals surface area contributed by atoms with Crippen LogP contribution >= 0.6 is 11.3 Å². The number of anilines is 2. The van der Waals surface area contributed by atoms with Gasteiger partial charge in [-0.15, -0.1) is 11.3 Å². The molecule has 3 heterocycles. The highest BCUT2D eigenvalue weighted by atomic mass is 32.1. The fourth-order valence-corrected chi connectivity index (χ4v) is 4.59. The number of rotatable bonds is 5. The number of carbonyl (C=O) groups excluding carboxylic acids is 2. The summed E-state index contributed by atoms with van der Waals surface area (Å²) >= 11 is 1.45. The zero-order chi connectivity index (χ0) is 21.1. The summed E-state index contributed by atoms with van der Waals surface area (Å²) < 4.78 is 0. The van der Waals surface area contributed by atoms with E-state index >= 15 is 0 Å². The average molecular weight is 422 g/mol. The van der Waals surface area contributed by atoms with Crippen molar-refractivity contribution < 1.29 is 9.59 Å². The maximum Gasteiger partial charge on any atom is 0.276 e. The number of benzene rings is 1. The van der Waals surface area contributed by atoms with E-state index in [1.165, 1.54) is 11.3 Å². The molecule has 7 nitrogen and oxygen atoms in total. The molecule has 0 atom stereocenters. The van der Waals surface area contributed by atoms with Gasteiger partial charge in [0.2, 0.25) is 5.91 Å². The smallest absolute Gasteiger partial charge is 0.276 e. The SMILES string of the molecule is Cc1cc(C)cc(NC(=O)CN2CCc3nc(NC(=O)c4ccccn4)sc3C2)c1. The van der Waals surface area contributed by atoms with E-state index < -0.39 is 0 Å². The first-order valence-electron chi connectivity index (χ1n) is 9.78. The van der Waals surface area contributed by atoms with Crippen LogP contribution in [0.25, 0.3) is 0 Å². The topological polar surface area (TPSA) is 87.2 Å². The van der Waals surface area contributed by atoms with Crippen LogP contribution < -0.4 is 10.6 Å². The minimum Gasteiger partial charge on any atom is -0.325 e. The quantitative estimate of drug-likeness (QED) is 0.659. The van der Waals surface area contributed by atoms with Gasteiger partial charge >= 0.3 is 0 Å². The van der Waals surface area contributed by atoms with Crippen LogP contribution in [0.3, 0.4) is 0 Å². The molecule has 0 saturated carbocycles. The molecule has 2 aromatic heterocycles. The molecule has 0 aliphatic carbocycles. The number of amides is 2. The number of nitrogens with zero attached hydrogens (tertiary/aromatic N) is 3. The summed E-state index contributed by atoms with van der Waals surface area (Å²) in [6.07, 6.45) is 2.34. The van der Waals surface area contributed by atoms with Crippen molar-refractivity contribution in [2.75, 3.05) is 23.7 Å². The zero-order valence-corrected chi connectivity index (χ0v) is 17.8. The Morgan fingerprint density at radius 1 is 1.13 bits per heavy atom. The van der Waals surface area contributed by atoms with E-state index in [0.29, 0.717) is 23.9 Å². The molecule has 154 valence electrons. The Hall–Kier alpha value is -3.10. The van der Waals surface area contributed by atoms with Crippen molar-refractivity contribution in [1.29, 1.82) is 0 Å². The van der Waals surface area contributed by atoms with Crippen molar-refractivity contribution in [3.63, 3.8) is 0 Å².